The summed E-state index contributed by atoms with van der Waals surface area (Å²) in [6.45, 7) is 7.69. The zero-order valence-corrected chi connectivity index (χ0v) is 28.0. The average Bonchev–Trinajstić information content (AvgIpc) is 3.39. The zero-order chi connectivity index (χ0) is 32.2. The molecule has 0 saturated heterocycles. The summed E-state index contributed by atoms with van der Waals surface area (Å²) in [5.74, 6) is 2.84. The molecule has 4 N–H and O–H groups in total. The van der Waals surface area contributed by atoms with Gasteiger partial charge in [-0.1, -0.05) is 63.9 Å². The Morgan fingerprint density at radius 1 is 0.933 bits per heavy atom. The highest BCUT2D eigenvalue weighted by atomic mass is 16.5. The molecule has 250 valence electrons. The molecule has 0 aromatic heterocycles. The van der Waals surface area contributed by atoms with E-state index in [4.69, 9.17) is 10.5 Å². The smallest absolute Gasteiger partial charge is 0.326 e. The van der Waals surface area contributed by atoms with Crippen LogP contribution in [0.1, 0.15) is 123 Å². The van der Waals surface area contributed by atoms with Gasteiger partial charge in [0.15, 0.2) is 0 Å². The van der Waals surface area contributed by atoms with E-state index >= 15 is 0 Å². The van der Waals surface area contributed by atoms with Gasteiger partial charge in [0.25, 0.3) is 0 Å². The second-order valence-electron chi connectivity index (χ2n) is 15.7. The number of aliphatic carboxylic acids is 1. The van der Waals surface area contributed by atoms with Crippen molar-refractivity contribution in [2.24, 2.45) is 52.1 Å². The highest BCUT2D eigenvalue weighted by Crippen LogP contribution is 2.68. The number of rotatable bonds is 13. The van der Waals surface area contributed by atoms with Crippen LogP contribution in [0.4, 0.5) is 0 Å². The molecule has 0 bridgehead atoms. The monoisotopic (exact) mass is 622 g/mol. The summed E-state index contributed by atoms with van der Waals surface area (Å²) in [6.07, 6.45) is 15.9. The molecule has 1 aromatic carbocycles. The lowest BCUT2D eigenvalue weighted by Gasteiger charge is -2.61. The Balaban J connectivity index is 1.06. The van der Waals surface area contributed by atoms with Crippen LogP contribution in [0.5, 0.6) is 0 Å². The maximum atomic E-state index is 12.9. The second-order valence-corrected chi connectivity index (χ2v) is 15.7. The number of amides is 1. The quantitative estimate of drug-likeness (QED) is 0.199. The number of carboxylic acid groups (broad SMARTS) is 1. The van der Waals surface area contributed by atoms with Crippen LogP contribution in [0.25, 0.3) is 0 Å². The third-order valence-corrected chi connectivity index (χ3v) is 13.3. The van der Waals surface area contributed by atoms with Crippen LogP contribution in [-0.2, 0) is 25.7 Å². The fraction of sp³-hybridized carbons (Fsp3) is 0.763. The molecule has 5 rings (SSSR count). The minimum Gasteiger partial charge on any atom is -0.480 e. The maximum absolute atomic E-state index is 12.9. The lowest BCUT2D eigenvalue weighted by Crippen LogP contribution is -2.53. The summed E-state index contributed by atoms with van der Waals surface area (Å²) in [7, 11) is 0. The van der Waals surface area contributed by atoms with E-state index in [-0.39, 0.29) is 18.9 Å². The van der Waals surface area contributed by atoms with E-state index in [0.717, 1.165) is 35.7 Å². The lowest BCUT2D eigenvalue weighted by molar-refractivity contribution is -0.146. The summed E-state index contributed by atoms with van der Waals surface area (Å²) >= 11 is 0. The molecule has 1 aromatic rings. The van der Waals surface area contributed by atoms with Gasteiger partial charge < -0.3 is 20.9 Å². The minimum atomic E-state index is -1.05. The van der Waals surface area contributed by atoms with Gasteiger partial charge in [0.2, 0.25) is 5.91 Å². The van der Waals surface area contributed by atoms with Gasteiger partial charge in [0.05, 0.1) is 0 Å². The second kappa shape index (κ2) is 14.6. The Hall–Kier alpha value is -2.41. The molecule has 1 amide bonds. The first-order valence-electron chi connectivity index (χ1n) is 18.0. The number of esters is 1. The number of nitrogens with two attached hydrogens (primary N) is 1. The number of hydrogen-bond donors (Lipinski definition) is 3. The topological polar surface area (TPSA) is 119 Å². The van der Waals surface area contributed by atoms with E-state index in [1.165, 1.54) is 64.2 Å². The van der Waals surface area contributed by atoms with Crippen LogP contribution in [0, 0.1) is 46.3 Å². The van der Waals surface area contributed by atoms with E-state index in [1.54, 1.807) is 0 Å². The van der Waals surface area contributed by atoms with Crippen molar-refractivity contribution in [1.29, 1.82) is 0 Å². The van der Waals surface area contributed by atoms with Gasteiger partial charge in [-0.05, 0) is 129 Å². The predicted molar refractivity (Wildman–Crippen MR) is 176 cm³/mol. The largest absolute Gasteiger partial charge is 0.480 e. The molecule has 7 heteroatoms. The minimum absolute atomic E-state index is 0.154. The summed E-state index contributed by atoms with van der Waals surface area (Å²) in [5.41, 5.74) is 7.80. The number of carbonyl (C=O) groups excluding carboxylic acids is 2. The summed E-state index contributed by atoms with van der Waals surface area (Å²) < 4.78 is 5.30. The average molecular weight is 623 g/mol. The normalized spacial score (nSPS) is 34.4. The Morgan fingerprint density at radius 2 is 1.69 bits per heavy atom. The van der Waals surface area contributed by atoms with Crippen LogP contribution >= 0.6 is 0 Å². The summed E-state index contributed by atoms with van der Waals surface area (Å²) in [4.78, 5) is 37.2. The Bertz CT molecular complexity index is 1170. The maximum Gasteiger partial charge on any atom is 0.326 e. The lowest BCUT2D eigenvalue weighted by atomic mass is 9.44. The Kier molecular flexibility index (Phi) is 11.0. The van der Waals surface area contributed by atoms with Gasteiger partial charge in [0.1, 0.15) is 18.7 Å². The molecular weight excluding hydrogens is 564 g/mol. The van der Waals surface area contributed by atoms with Crippen LogP contribution in [0.2, 0.25) is 0 Å². The molecule has 4 saturated carbocycles. The third-order valence-electron chi connectivity index (χ3n) is 13.3. The van der Waals surface area contributed by atoms with Crippen LogP contribution in [-0.4, -0.2) is 35.0 Å². The highest BCUT2D eigenvalue weighted by molar-refractivity contribution is 5.83. The van der Waals surface area contributed by atoms with E-state index in [2.05, 4.69) is 26.1 Å². The van der Waals surface area contributed by atoms with Gasteiger partial charge in [0, 0.05) is 6.42 Å². The van der Waals surface area contributed by atoms with Crippen molar-refractivity contribution in [3.05, 3.63) is 35.9 Å². The molecule has 0 spiro atoms. The summed E-state index contributed by atoms with van der Waals surface area (Å²) in [6, 6.07) is 7.58. The van der Waals surface area contributed by atoms with Crippen LogP contribution < -0.4 is 11.1 Å². The molecule has 0 aliphatic heterocycles. The van der Waals surface area contributed by atoms with E-state index in [1.807, 2.05) is 30.3 Å². The molecule has 0 heterocycles. The fourth-order valence-corrected chi connectivity index (χ4v) is 10.8. The van der Waals surface area contributed by atoms with Crippen molar-refractivity contribution in [3.63, 3.8) is 0 Å². The van der Waals surface area contributed by atoms with Crippen molar-refractivity contribution in [3.8, 4) is 0 Å². The first-order valence-corrected chi connectivity index (χ1v) is 18.0. The number of fused-ring (bicyclic) bond motifs is 5. The molecular formula is C38H58N2O5. The molecule has 10 atom stereocenters. The number of ether oxygens (including phenoxy) is 1. The standard InChI is InChI=1S/C38H58N2O5/c1-25(29-18-19-30-28-17-16-27-12-7-8-22-37(27,2)31(28)21-23-38(29,30)3)15-20-34(41)40-33(35(42)43)14-9-13-32(39)36(44)45-24-26-10-5-4-6-11-26/h4-6,10-11,25,27-33H,7-9,12-24,39H2,1-3H3,(H,40,41)(H,42,43)/t25-,27?,28+,29-,30+,31+,32?,33+,37+,38-/m1/s1. The third kappa shape index (κ3) is 7.44. The van der Waals surface area contributed by atoms with Crippen molar-refractivity contribution >= 4 is 17.8 Å². The molecule has 7 nitrogen and oxygen atoms in total. The van der Waals surface area contributed by atoms with Crippen molar-refractivity contribution in [2.45, 2.75) is 136 Å². The zero-order valence-electron chi connectivity index (χ0n) is 28.0. The Labute approximate surface area is 270 Å². The molecule has 45 heavy (non-hydrogen) atoms. The van der Waals surface area contributed by atoms with Crippen molar-refractivity contribution < 1.29 is 24.2 Å². The predicted octanol–water partition coefficient (Wildman–Crippen LogP) is 7.26. The number of hydrogen-bond acceptors (Lipinski definition) is 5. The van der Waals surface area contributed by atoms with Gasteiger partial charge >= 0.3 is 11.9 Å². The van der Waals surface area contributed by atoms with E-state index < -0.39 is 24.0 Å². The van der Waals surface area contributed by atoms with Gasteiger partial charge in [-0.3, -0.25) is 9.59 Å². The SMILES string of the molecule is C[C@H](CCC(=O)N[C@@H](CCCC(N)C(=O)OCc1ccccc1)C(=O)O)[C@H]1CC[C@H]2[C@@H]3CCC4CCCC[C@]4(C)[C@H]3CC[C@]12C. The number of carbonyl (C=O) groups is 3. The first-order chi connectivity index (χ1) is 21.5. The van der Waals surface area contributed by atoms with Crippen LogP contribution in [0.15, 0.2) is 30.3 Å². The number of benzene rings is 1. The summed E-state index contributed by atoms with van der Waals surface area (Å²) in [5, 5.41) is 12.5. The Morgan fingerprint density at radius 3 is 2.44 bits per heavy atom. The number of nitrogens with one attached hydrogen (secondary N) is 1. The van der Waals surface area contributed by atoms with Crippen molar-refractivity contribution in [2.75, 3.05) is 0 Å². The molecule has 4 fully saturated rings. The number of carboxylic acids is 1. The fourth-order valence-electron chi connectivity index (χ4n) is 10.8. The van der Waals surface area contributed by atoms with Gasteiger partial charge in [-0.2, -0.15) is 0 Å². The molecule has 4 aliphatic rings. The molecule has 4 aliphatic carbocycles. The van der Waals surface area contributed by atoms with Gasteiger partial charge in [-0.15, -0.1) is 0 Å². The van der Waals surface area contributed by atoms with E-state index in [9.17, 15) is 19.5 Å². The molecule has 0 radical (unpaired) electrons. The van der Waals surface area contributed by atoms with Crippen LogP contribution in [0.3, 0.4) is 0 Å². The first kappa shape index (κ1) is 33.9. The molecule has 2 unspecified atom stereocenters. The van der Waals surface area contributed by atoms with Gasteiger partial charge in [-0.25, -0.2) is 4.79 Å². The van der Waals surface area contributed by atoms with E-state index in [0.29, 0.717) is 41.9 Å². The highest BCUT2D eigenvalue weighted by Gasteiger charge is 2.60. The van der Waals surface area contributed by atoms with Crippen molar-refractivity contribution in [1.82, 2.24) is 5.32 Å².